The molecule has 0 aromatic heterocycles. The van der Waals surface area contributed by atoms with Crippen LogP contribution in [0.5, 0.6) is 0 Å². The molecular weight excluding hydrogens is 673 g/mol. The summed E-state index contributed by atoms with van der Waals surface area (Å²) < 4.78 is 61.8. The van der Waals surface area contributed by atoms with E-state index in [1.54, 1.807) is 7.11 Å². The Labute approximate surface area is 294 Å². The van der Waals surface area contributed by atoms with Crippen LogP contribution in [-0.4, -0.2) is 116 Å². The Hall–Kier alpha value is -1.44. The first-order chi connectivity index (χ1) is 22.4. The number of methoxy groups -OCH3 is 2. The molecular formula is C34H62O13Si2. The number of hydrogen-bond donors (Lipinski definition) is 0. The predicted molar refractivity (Wildman–Crippen MR) is 185 cm³/mol. The number of carbonyl (C=O) groups excluding carboxylic acids is 3. The standard InChI is InChI=1S/C34H62O13Si2/c1-19(35)40-26-18-27(38-10)43-24(28(26)41-20(2)36)16-22(46-48(12,13)33(4,5)6)23(47-49(14,15)34(7,8)9)17-25-29(42-21(3)37)30-31(45-30)32(39-11)44-25/h22-32H,16-18H2,1-15H3/t22-,23-,24-,25-,26-,27+,28-,29-,30-,31-,32+/m1/s1. The van der Waals surface area contributed by atoms with Crippen LogP contribution in [0.15, 0.2) is 0 Å². The minimum Gasteiger partial charge on any atom is -0.458 e. The topological polar surface area (TPSA) is 147 Å². The van der Waals surface area contributed by atoms with Crippen molar-refractivity contribution in [3.63, 3.8) is 0 Å². The molecule has 0 aliphatic carbocycles. The fraction of sp³-hybridized carbons (Fsp3) is 0.912. The Morgan fingerprint density at radius 3 is 1.51 bits per heavy atom. The van der Waals surface area contributed by atoms with Gasteiger partial charge in [0.15, 0.2) is 41.4 Å². The van der Waals surface area contributed by atoms with Gasteiger partial charge in [-0.2, -0.15) is 0 Å². The zero-order valence-electron chi connectivity index (χ0n) is 32.3. The maximum atomic E-state index is 12.4. The van der Waals surface area contributed by atoms with E-state index in [4.69, 9.17) is 46.7 Å². The van der Waals surface area contributed by atoms with Crippen molar-refractivity contribution in [1.82, 2.24) is 0 Å². The molecule has 0 amide bonds. The molecule has 0 unspecified atom stereocenters. The Morgan fingerprint density at radius 2 is 1.10 bits per heavy atom. The fourth-order valence-corrected chi connectivity index (χ4v) is 8.61. The number of hydrogen-bond acceptors (Lipinski definition) is 13. The molecule has 0 aromatic rings. The fourth-order valence-electron chi connectivity index (χ4n) is 5.90. The van der Waals surface area contributed by atoms with Crippen LogP contribution in [0.2, 0.25) is 36.3 Å². The number of ether oxygens (including phenoxy) is 8. The van der Waals surface area contributed by atoms with Gasteiger partial charge in [-0.3, -0.25) is 14.4 Å². The van der Waals surface area contributed by atoms with Crippen LogP contribution in [0.3, 0.4) is 0 Å². The molecule has 49 heavy (non-hydrogen) atoms. The molecule has 3 fully saturated rings. The second-order valence-corrected chi connectivity index (χ2v) is 26.0. The quantitative estimate of drug-likeness (QED) is 0.0993. The van der Waals surface area contributed by atoms with Gasteiger partial charge in [0.1, 0.15) is 30.5 Å². The van der Waals surface area contributed by atoms with E-state index in [9.17, 15) is 14.4 Å². The van der Waals surface area contributed by atoms with Crippen LogP contribution >= 0.6 is 0 Å². The lowest BCUT2D eigenvalue weighted by atomic mass is 9.91. The minimum absolute atomic E-state index is 0.168. The highest BCUT2D eigenvalue weighted by atomic mass is 28.4. The van der Waals surface area contributed by atoms with Crippen molar-refractivity contribution in [2.24, 2.45) is 0 Å². The molecule has 3 aliphatic heterocycles. The van der Waals surface area contributed by atoms with Gasteiger partial charge in [0, 0.05) is 54.3 Å². The molecule has 284 valence electrons. The molecule has 3 saturated heterocycles. The van der Waals surface area contributed by atoms with Gasteiger partial charge in [0.05, 0.1) is 12.2 Å². The third-order valence-electron chi connectivity index (χ3n) is 10.6. The number of carbonyl (C=O) groups is 3. The van der Waals surface area contributed by atoms with Gasteiger partial charge in [-0.15, -0.1) is 0 Å². The third kappa shape index (κ3) is 10.8. The van der Waals surface area contributed by atoms with Gasteiger partial charge in [0.2, 0.25) is 0 Å². The molecule has 3 rings (SSSR count). The number of rotatable bonds is 14. The van der Waals surface area contributed by atoms with E-state index in [1.165, 1.54) is 27.9 Å². The molecule has 3 aliphatic rings. The molecule has 11 atom stereocenters. The first-order valence-corrected chi connectivity index (χ1v) is 23.1. The third-order valence-corrected chi connectivity index (χ3v) is 19.6. The van der Waals surface area contributed by atoms with Crippen LogP contribution < -0.4 is 0 Å². The summed E-state index contributed by atoms with van der Waals surface area (Å²) in [7, 11) is -1.94. The van der Waals surface area contributed by atoms with Crippen LogP contribution in [0, 0.1) is 0 Å². The summed E-state index contributed by atoms with van der Waals surface area (Å²) in [6, 6.07) is 0. The van der Waals surface area contributed by atoms with Gasteiger partial charge in [-0.05, 0) is 36.3 Å². The molecule has 3 heterocycles. The van der Waals surface area contributed by atoms with Crippen molar-refractivity contribution >= 4 is 34.5 Å². The van der Waals surface area contributed by atoms with Crippen LogP contribution in [0.4, 0.5) is 0 Å². The monoisotopic (exact) mass is 734 g/mol. The second-order valence-electron chi connectivity index (χ2n) is 16.5. The normalized spacial score (nSPS) is 32.0. The first kappa shape index (κ1) is 42.0. The van der Waals surface area contributed by atoms with Gasteiger partial charge >= 0.3 is 17.9 Å². The molecule has 0 bridgehead atoms. The van der Waals surface area contributed by atoms with E-state index in [-0.39, 0.29) is 41.5 Å². The smallest absolute Gasteiger partial charge is 0.303 e. The highest BCUT2D eigenvalue weighted by molar-refractivity contribution is 6.74. The summed E-state index contributed by atoms with van der Waals surface area (Å²) in [5, 5.41) is -0.346. The summed E-state index contributed by atoms with van der Waals surface area (Å²) in [5.74, 6) is -1.49. The zero-order valence-corrected chi connectivity index (χ0v) is 34.3. The van der Waals surface area contributed by atoms with Crippen molar-refractivity contribution in [2.45, 2.75) is 185 Å². The maximum Gasteiger partial charge on any atom is 0.303 e. The molecule has 0 radical (unpaired) electrons. The Kier molecular flexibility index (Phi) is 13.8. The van der Waals surface area contributed by atoms with E-state index in [2.05, 4.69) is 67.7 Å². The van der Waals surface area contributed by atoms with Crippen molar-refractivity contribution in [1.29, 1.82) is 0 Å². The summed E-state index contributed by atoms with van der Waals surface area (Å²) in [4.78, 5) is 36.9. The first-order valence-electron chi connectivity index (χ1n) is 17.3. The Balaban J connectivity index is 2.15. The average Bonchev–Trinajstić information content (AvgIpc) is 3.74. The molecule has 15 heteroatoms. The molecule has 0 spiro atoms. The molecule has 0 N–H and O–H groups in total. The lowest BCUT2D eigenvalue weighted by Gasteiger charge is -2.48. The predicted octanol–water partition coefficient (Wildman–Crippen LogP) is 5.24. The number of fused-ring (bicyclic) bond motifs is 1. The highest BCUT2D eigenvalue weighted by Crippen LogP contribution is 2.45. The van der Waals surface area contributed by atoms with Gasteiger partial charge in [0.25, 0.3) is 0 Å². The molecule has 13 nitrogen and oxygen atoms in total. The van der Waals surface area contributed by atoms with E-state index >= 15 is 0 Å². The van der Waals surface area contributed by atoms with E-state index in [0.29, 0.717) is 0 Å². The van der Waals surface area contributed by atoms with Crippen LogP contribution in [-0.2, 0) is 61.1 Å². The SMILES string of the molecule is CO[C@@H]1C[C@@H](OC(C)=O)[C@H](OC(C)=O)[C@@H](C[C@@H](O[Si](C)(C)C(C)(C)C)[C@@H](C[C@H]2O[C@H](OC)[C@@H]3O[C@@H]3[C@@H]2OC(C)=O)O[Si](C)(C)C(C)(C)C)O1. The molecule has 0 saturated carbocycles. The zero-order chi connectivity index (χ0) is 37.3. The van der Waals surface area contributed by atoms with Crippen LogP contribution in [0.1, 0.15) is 81.6 Å². The lowest BCUT2D eigenvalue weighted by Crippen LogP contribution is -2.58. The summed E-state index contributed by atoms with van der Waals surface area (Å²) in [6.45, 7) is 25.6. The highest BCUT2D eigenvalue weighted by Gasteiger charge is 2.61. The average molecular weight is 735 g/mol. The van der Waals surface area contributed by atoms with Gasteiger partial charge in [-0.25, -0.2) is 0 Å². The van der Waals surface area contributed by atoms with Gasteiger partial charge in [-0.1, -0.05) is 41.5 Å². The van der Waals surface area contributed by atoms with E-state index in [1.807, 2.05) is 0 Å². The summed E-state index contributed by atoms with van der Waals surface area (Å²) in [6.07, 6.45) is -6.46. The maximum absolute atomic E-state index is 12.4. The Bertz CT molecular complexity index is 1150. The largest absolute Gasteiger partial charge is 0.458 e. The number of epoxide rings is 1. The van der Waals surface area contributed by atoms with Crippen molar-refractivity contribution in [3.05, 3.63) is 0 Å². The summed E-state index contributed by atoms with van der Waals surface area (Å²) >= 11 is 0. The minimum atomic E-state index is -2.51. The van der Waals surface area contributed by atoms with Crippen molar-refractivity contribution < 1.29 is 61.1 Å². The van der Waals surface area contributed by atoms with Crippen molar-refractivity contribution in [2.75, 3.05) is 14.2 Å². The Morgan fingerprint density at radius 1 is 0.653 bits per heavy atom. The van der Waals surface area contributed by atoms with E-state index < -0.39 is 89.9 Å². The molecule has 0 aromatic carbocycles. The van der Waals surface area contributed by atoms with Crippen molar-refractivity contribution in [3.8, 4) is 0 Å². The lowest BCUT2D eigenvalue weighted by molar-refractivity contribution is -0.258. The van der Waals surface area contributed by atoms with Gasteiger partial charge < -0.3 is 46.7 Å². The van der Waals surface area contributed by atoms with Crippen LogP contribution in [0.25, 0.3) is 0 Å². The van der Waals surface area contributed by atoms with E-state index in [0.717, 1.165) is 0 Å². The second kappa shape index (κ2) is 16.1. The summed E-state index contributed by atoms with van der Waals surface area (Å²) in [5.41, 5.74) is 0. The number of esters is 3.